The highest BCUT2D eigenvalue weighted by atomic mass is 35.5. The van der Waals surface area contributed by atoms with Crippen molar-refractivity contribution in [2.45, 2.75) is 23.4 Å². The Hall–Kier alpha value is -2.88. The summed E-state index contributed by atoms with van der Waals surface area (Å²) < 4.78 is 1.91. The highest BCUT2D eigenvalue weighted by Crippen LogP contribution is 2.37. The molecule has 10 heteroatoms. The fraction of sp³-hybridized carbons (Fsp3) is 0.273. The lowest BCUT2D eigenvalue weighted by Gasteiger charge is -2.21. The number of carbonyl (C=O) groups excluding carboxylic acids is 2. The third kappa shape index (κ3) is 5.48. The summed E-state index contributed by atoms with van der Waals surface area (Å²) in [4.78, 5) is 26.8. The van der Waals surface area contributed by atoms with Gasteiger partial charge in [-0.2, -0.15) is 0 Å². The largest absolute Gasteiger partial charge is 0.341 e. The van der Waals surface area contributed by atoms with Crippen LogP contribution in [0.1, 0.15) is 29.6 Å². The predicted octanol–water partition coefficient (Wildman–Crippen LogP) is 3.83. The minimum Gasteiger partial charge on any atom is -0.341 e. The Morgan fingerprint density at radius 1 is 1.06 bits per heavy atom. The van der Waals surface area contributed by atoms with E-state index in [9.17, 15) is 9.59 Å². The maximum Gasteiger partial charge on any atom is 0.321 e. The summed E-state index contributed by atoms with van der Waals surface area (Å²) >= 11 is 7.31. The lowest BCUT2D eigenvalue weighted by molar-refractivity contribution is -0.119. The highest BCUT2D eigenvalue weighted by molar-refractivity contribution is 8.00. The van der Waals surface area contributed by atoms with Crippen LogP contribution in [-0.4, -0.2) is 52.7 Å². The van der Waals surface area contributed by atoms with Crippen LogP contribution in [0, 0.1) is 0 Å². The first-order valence-electron chi connectivity index (χ1n) is 9.93. The van der Waals surface area contributed by atoms with E-state index in [2.05, 4.69) is 20.8 Å². The molecule has 8 nitrogen and oxygen atoms in total. The van der Waals surface area contributed by atoms with E-state index in [0.29, 0.717) is 10.2 Å². The van der Waals surface area contributed by atoms with Crippen LogP contribution in [0.2, 0.25) is 5.02 Å². The summed E-state index contributed by atoms with van der Waals surface area (Å²) in [5.41, 5.74) is 1.57. The van der Waals surface area contributed by atoms with Crippen molar-refractivity contribution in [3.63, 3.8) is 0 Å². The Kier molecular flexibility index (Phi) is 7.89. The van der Waals surface area contributed by atoms with Crippen molar-refractivity contribution in [2.24, 2.45) is 0 Å². The summed E-state index contributed by atoms with van der Waals surface area (Å²) in [5, 5.41) is 14.0. The molecular weight excluding hydrogens is 448 g/mol. The third-order valence-electron chi connectivity index (χ3n) is 4.92. The smallest absolute Gasteiger partial charge is 0.321 e. The molecule has 2 unspecified atom stereocenters. The van der Waals surface area contributed by atoms with Crippen molar-refractivity contribution >= 4 is 35.3 Å². The van der Waals surface area contributed by atoms with Gasteiger partial charge in [0.15, 0.2) is 11.0 Å². The molecule has 3 aromatic rings. The van der Waals surface area contributed by atoms with Crippen LogP contribution in [0.3, 0.4) is 0 Å². The average molecular weight is 473 g/mol. The Balaban J connectivity index is 2.06. The molecule has 0 radical (unpaired) electrons. The van der Waals surface area contributed by atoms with Crippen molar-refractivity contribution in [2.75, 3.05) is 21.1 Å². The fourth-order valence-electron chi connectivity index (χ4n) is 2.94. The second kappa shape index (κ2) is 10.6. The van der Waals surface area contributed by atoms with Gasteiger partial charge in [-0.1, -0.05) is 53.7 Å². The van der Waals surface area contributed by atoms with Crippen molar-refractivity contribution in [1.82, 2.24) is 30.3 Å². The maximum atomic E-state index is 13.0. The first-order chi connectivity index (χ1) is 15.3. The molecule has 2 aromatic carbocycles. The minimum atomic E-state index is -0.716. The number of hydrogen-bond donors (Lipinski definition) is 2. The third-order valence-corrected chi connectivity index (χ3v) is 6.37. The van der Waals surface area contributed by atoms with Gasteiger partial charge in [0, 0.05) is 17.8 Å². The van der Waals surface area contributed by atoms with Gasteiger partial charge in [0.2, 0.25) is 5.91 Å². The van der Waals surface area contributed by atoms with Crippen LogP contribution in [0.15, 0.2) is 59.8 Å². The zero-order chi connectivity index (χ0) is 23.3. The van der Waals surface area contributed by atoms with Crippen LogP contribution in [0.4, 0.5) is 4.79 Å². The molecule has 0 aliphatic carbocycles. The van der Waals surface area contributed by atoms with Crippen LogP contribution in [0.5, 0.6) is 0 Å². The van der Waals surface area contributed by atoms with Crippen LogP contribution in [0.25, 0.3) is 5.69 Å². The van der Waals surface area contributed by atoms with E-state index in [4.69, 9.17) is 11.6 Å². The second-order valence-electron chi connectivity index (χ2n) is 7.27. The summed E-state index contributed by atoms with van der Waals surface area (Å²) in [6.45, 7) is 2.03. The van der Waals surface area contributed by atoms with Gasteiger partial charge >= 0.3 is 6.03 Å². The first-order valence-corrected chi connectivity index (χ1v) is 11.2. The van der Waals surface area contributed by atoms with E-state index in [1.807, 2.05) is 73.0 Å². The van der Waals surface area contributed by atoms with Crippen LogP contribution in [-0.2, 0) is 4.79 Å². The molecule has 168 valence electrons. The van der Waals surface area contributed by atoms with Gasteiger partial charge in [-0.05, 0) is 50.8 Å². The highest BCUT2D eigenvalue weighted by Gasteiger charge is 2.28. The summed E-state index contributed by atoms with van der Waals surface area (Å²) in [6.07, 6.45) is 0. The monoisotopic (exact) mass is 472 g/mol. The molecule has 0 spiro atoms. The predicted molar refractivity (Wildman–Crippen MR) is 126 cm³/mol. The SMILES string of the molecule is CNC(=O)NC(=O)C(Sc1nnc(C(C)N(C)C)n1-c1ccc(Cl)cc1)c1ccccc1. The molecule has 1 heterocycles. The number of amides is 3. The van der Waals surface area contributed by atoms with Gasteiger partial charge in [0.1, 0.15) is 5.25 Å². The molecule has 0 bridgehead atoms. The number of aromatic nitrogens is 3. The molecule has 0 fully saturated rings. The lowest BCUT2D eigenvalue weighted by Crippen LogP contribution is -2.39. The van der Waals surface area contributed by atoms with Crippen molar-refractivity contribution in [1.29, 1.82) is 0 Å². The normalized spacial score (nSPS) is 12.9. The number of halogens is 1. The summed E-state index contributed by atoms with van der Waals surface area (Å²) in [6, 6.07) is 16.0. The number of carbonyl (C=O) groups is 2. The second-order valence-corrected chi connectivity index (χ2v) is 8.78. The van der Waals surface area contributed by atoms with E-state index in [1.54, 1.807) is 12.1 Å². The molecule has 0 saturated carbocycles. The molecule has 1 aromatic heterocycles. The summed E-state index contributed by atoms with van der Waals surface area (Å²) in [5.74, 6) is 0.270. The molecule has 3 rings (SSSR count). The number of imide groups is 1. The first kappa shape index (κ1) is 23.8. The average Bonchev–Trinajstić information content (AvgIpc) is 3.21. The standard InChI is InChI=1S/C22H25ClN6O2S/c1-14(28(3)4)19-26-27-22(29(19)17-12-10-16(23)11-13-17)32-18(15-8-6-5-7-9-15)20(30)25-21(31)24-2/h5-14,18H,1-4H3,(H2,24,25,30,31). The minimum absolute atomic E-state index is 0.0394. The van der Waals surface area contributed by atoms with Gasteiger partial charge in [-0.15, -0.1) is 10.2 Å². The number of benzene rings is 2. The Morgan fingerprint density at radius 3 is 2.31 bits per heavy atom. The zero-order valence-corrected chi connectivity index (χ0v) is 19.8. The molecular formula is C22H25ClN6O2S. The molecule has 32 heavy (non-hydrogen) atoms. The van der Waals surface area contributed by atoms with Gasteiger partial charge < -0.3 is 5.32 Å². The topological polar surface area (TPSA) is 92.2 Å². The van der Waals surface area contributed by atoms with Crippen molar-refractivity contribution in [3.05, 3.63) is 71.0 Å². The molecule has 0 aliphatic rings. The number of rotatable bonds is 7. The van der Waals surface area contributed by atoms with Gasteiger partial charge in [-0.25, -0.2) is 4.79 Å². The number of nitrogens with zero attached hydrogens (tertiary/aromatic N) is 4. The summed E-state index contributed by atoms with van der Waals surface area (Å²) in [7, 11) is 5.38. The number of urea groups is 1. The lowest BCUT2D eigenvalue weighted by atomic mass is 10.1. The Morgan fingerprint density at radius 2 is 1.72 bits per heavy atom. The molecule has 3 amide bonds. The van der Waals surface area contributed by atoms with E-state index in [0.717, 1.165) is 17.1 Å². The number of hydrogen-bond acceptors (Lipinski definition) is 6. The Bertz CT molecular complexity index is 1070. The quantitative estimate of drug-likeness (QED) is 0.508. The Labute approximate surface area is 196 Å². The van der Waals surface area contributed by atoms with Crippen molar-refractivity contribution in [3.8, 4) is 5.69 Å². The van der Waals surface area contributed by atoms with E-state index in [1.165, 1.54) is 18.8 Å². The van der Waals surface area contributed by atoms with Gasteiger partial charge in [0.05, 0.1) is 6.04 Å². The van der Waals surface area contributed by atoms with Crippen LogP contribution < -0.4 is 10.6 Å². The fourth-order valence-corrected chi connectivity index (χ4v) is 4.13. The van der Waals surface area contributed by atoms with Crippen molar-refractivity contribution < 1.29 is 9.59 Å². The van der Waals surface area contributed by atoms with Gasteiger partial charge in [0.25, 0.3) is 0 Å². The van der Waals surface area contributed by atoms with Gasteiger partial charge in [-0.3, -0.25) is 19.6 Å². The number of nitrogens with one attached hydrogen (secondary N) is 2. The molecule has 0 saturated heterocycles. The van der Waals surface area contributed by atoms with Crippen LogP contribution >= 0.6 is 23.4 Å². The zero-order valence-electron chi connectivity index (χ0n) is 18.2. The van der Waals surface area contributed by atoms with E-state index in [-0.39, 0.29) is 6.04 Å². The molecule has 0 aliphatic heterocycles. The van der Waals surface area contributed by atoms with E-state index >= 15 is 0 Å². The molecule has 2 N–H and O–H groups in total. The maximum absolute atomic E-state index is 13.0. The number of thioether (sulfide) groups is 1. The molecule has 2 atom stereocenters. The van der Waals surface area contributed by atoms with E-state index < -0.39 is 17.2 Å².